The van der Waals surface area contributed by atoms with E-state index in [4.69, 9.17) is 16.7 Å². The van der Waals surface area contributed by atoms with Crippen LogP contribution in [-0.2, 0) is 9.59 Å². The first-order valence-electron chi connectivity index (χ1n) is 10.8. The summed E-state index contributed by atoms with van der Waals surface area (Å²) in [4.78, 5) is 37.9. The van der Waals surface area contributed by atoms with Gasteiger partial charge in [0.1, 0.15) is 6.04 Å². The molecule has 1 saturated heterocycles. The number of rotatable bonds is 7. The molecule has 1 fully saturated rings. The fraction of sp³-hybridized carbons (Fsp3) is 0.320. The number of carbonyl (C=O) groups excluding carboxylic acids is 3. The predicted octanol–water partition coefficient (Wildman–Crippen LogP) is 0.257. The number of nitrogens with two attached hydrogens (primary N) is 2. The summed E-state index contributed by atoms with van der Waals surface area (Å²) in [5.74, 6) is 4.68. The summed E-state index contributed by atoms with van der Waals surface area (Å²) >= 11 is 0. The van der Waals surface area contributed by atoms with E-state index in [1.54, 1.807) is 36.4 Å². The maximum atomic E-state index is 12.2. The maximum Gasteiger partial charge on any atom is 0.267 e. The lowest BCUT2D eigenvalue weighted by Crippen LogP contribution is -2.50. The summed E-state index contributed by atoms with van der Waals surface area (Å²) in [6.45, 7) is 1.74. The zero-order valence-corrected chi connectivity index (χ0v) is 18.6. The number of likely N-dealkylation sites (tertiary alicyclic amines) is 1. The summed E-state index contributed by atoms with van der Waals surface area (Å²) in [7, 11) is 0. The van der Waals surface area contributed by atoms with Gasteiger partial charge in [0.25, 0.3) is 11.8 Å². The lowest BCUT2D eigenvalue weighted by atomic mass is 10.1. The highest BCUT2D eigenvalue weighted by Gasteiger charge is 2.21. The first-order chi connectivity index (χ1) is 16.4. The minimum absolute atomic E-state index is 0. The lowest BCUT2D eigenvalue weighted by molar-refractivity contribution is -0.130. The average Bonchev–Trinajstić information content (AvgIpc) is 3.25. The van der Waals surface area contributed by atoms with Crippen molar-refractivity contribution in [2.75, 3.05) is 31.5 Å². The number of hydrogen-bond donors (Lipinski definition) is 6. The molecule has 2 aromatic carbocycles. The number of benzene rings is 2. The molecule has 0 aromatic heterocycles. The van der Waals surface area contributed by atoms with Gasteiger partial charge in [0.05, 0.1) is 6.54 Å². The zero-order valence-electron chi connectivity index (χ0n) is 18.6. The number of carbonyl (C=O) groups is 3. The zero-order chi connectivity index (χ0) is 24.5. The standard InChI is InChI=1S/C24H28N6O4.CH4/c25-13-21(24(33)29-34)28-23(32)18-7-3-16(4-8-18)1-2-17-5-9-20(10-6-17)27-22(31)15-30-12-11-19(26)14-30;/h3-10,19,21,34H,11-15,25-26H2,(H,27,31)(H,28,32)(H,29,33);1H4/t19?,21-;/m0./s1. The van der Waals surface area contributed by atoms with Gasteiger partial charge in [-0.3, -0.25) is 24.5 Å². The van der Waals surface area contributed by atoms with Crippen LogP contribution < -0.4 is 27.6 Å². The number of hydroxylamine groups is 1. The second kappa shape index (κ2) is 13.2. The Labute approximate surface area is 205 Å². The van der Waals surface area contributed by atoms with Gasteiger partial charge in [-0.15, -0.1) is 0 Å². The average molecular weight is 481 g/mol. The van der Waals surface area contributed by atoms with Crippen LogP contribution in [-0.4, -0.2) is 66.1 Å². The summed E-state index contributed by atoms with van der Waals surface area (Å²) in [5.41, 5.74) is 15.3. The molecule has 3 amide bonds. The Kier molecular flexibility index (Phi) is 10.4. The molecule has 186 valence electrons. The highest BCUT2D eigenvalue weighted by Crippen LogP contribution is 2.11. The summed E-state index contributed by atoms with van der Waals surface area (Å²) in [5, 5.41) is 14.0. The summed E-state index contributed by atoms with van der Waals surface area (Å²) < 4.78 is 0. The van der Waals surface area contributed by atoms with Crippen LogP contribution in [0.15, 0.2) is 48.5 Å². The van der Waals surface area contributed by atoms with Gasteiger partial charge in [-0.1, -0.05) is 19.3 Å². The van der Waals surface area contributed by atoms with E-state index in [2.05, 4.69) is 22.5 Å². The van der Waals surface area contributed by atoms with Crippen LogP contribution >= 0.6 is 0 Å². The Bertz CT molecular complexity index is 1080. The molecule has 1 aliphatic rings. The molecule has 1 heterocycles. The number of nitrogens with one attached hydrogen (secondary N) is 3. The fourth-order valence-electron chi connectivity index (χ4n) is 3.45. The van der Waals surface area contributed by atoms with Crippen LogP contribution in [0.25, 0.3) is 0 Å². The molecule has 10 nitrogen and oxygen atoms in total. The van der Waals surface area contributed by atoms with Gasteiger partial charge in [0.15, 0.2) is 0 Å². The molecule has 0 aliphatic carbocycles. The summed E-state index contributed by atoms with van der Waals surface area (Å²) in [6.07, 6.45) is 0.911. The Morgan fingerprint density at radius 1 is 1.06 bits per heavy atom. The molecule has 8 N–H and O–H groups in total. The Balaban J connectivity index is 0.00000432. The van der Waals surface area contributed by atoms with E-state index in [1.807, 2.05) is 17.0 Å². The minimum Gasteiger partial charge on any atom is -0.339 e. The van der Waals surface area contributed by atoms with E-state index < -0.39 is 17.9 Å². The molecule has 0 spiro atoms. The van der Waals surface area contributed by atoms with Gasteiger partial charge in [0.2, 0.25) is 5.91 Å². The molecular weight excluding hydrogens is 448 g/mol. The Hall–Kier alpha value is -3.75. The number of anilines is 1. The molecule has 1 unspecified atom stereocenters. The van der Waals surface area contributed by atoms with E-state index >= 15 is 0 Å². The molecule has 2 atom stereocenters. The molecule has 1 aliphatic heterocycles. The van der Waals surface area contributed by atoms with Crippen LogP contribution in [0, 0.1) is 11.8 Å². The van der Waals surface area contributed by atoms with Crippen molar-refractivity contribution in [2.45, 2.75) is 25.9 Å². The molecule has 0 saturated carbocycles. The van der Waals surface area contributed by atoms with Gasteiger partial charge in [-0.2, -0.15) is 0 Å². The molecule has 0 radical (unpaired) electrons. The lowest BCUT2D eigenvalue weighted by Gasteiger charge is -2.14. The van der Waals surface area contributed by atoms with Crippen LogP contribution in [0.2, 0.25) is 0 Å². The van der Waals surface area contributed by atoms with Crippen molar-refractivity contribution >= 4 is 23.4 Å². The second-order valence-corrected chi connectivity index (χ2v) is 7.97. The highest BCUT2D eigenvalue weighted by atomic mass is 16.5. The van der Waals surface area contributed by atoms with Crippen molar-refractivity contribution in [3.8, 4) is 11.8 Å². The van der Waals surface area contributed by atoms with Crippen molar-refractivity contribution in [1.82, 2.24) is 15.7 Å². The highest BCUT2D eigenvalue weighted by molar-refractivity contribution is 5.97. The van der Waals surface area contributed by atoms with Gasteiger partial charge < -0.3 is 22.1 Å². The quantitative estimate of drug-likeness (QED) is 0.188. The molecule has 0 bridgehead atoms. The SMILES string of the molecule is C.NC[C@H](NC(=O)c1ccc(C#Cc2ccc(NC(=O)CN3CCC(N)C3)cc2)cc1)C(=O)NO. The van der Waals surface area contributed by atoms with Gasteiger partial charge in [0, 0.05) is 48.1 Å². The van der Waals surface area contributed by atoms with E-state index in [0.717, 1.165) is 25.1 Å². The van der Waals surface area contributed by atoms with Crippen molar-refractivity contribution < 1.29 is 19.6 Å². The van der Waals surface area contributed by atoms with Crippen LogP contribution in [0.3, 0.4) is 0 Å². The molecular formula is C25H32N6O4. The van der Waals surface area contributed by atoms with Crippen molar-refractivity contribution in [1.29, 1.82) is 0 Å². The smallest absolute Gasteiger partial charge is 0.267 e. The third-order valence-electron chi connectivity index (χ3n) is 5.31. The number of amides is 3. The predicted molar refractivity (Wildman–Crippen MR) is 133 cm³/mol. The maximum absolute atomic E-state index is 12.2. The van der Waals surface area contributed by atoms with Gasteiger partial charge in [-0.05, 0) is 55.0 Å². The fourth-order valence-corrected chi connectivity index (χ4v) is 3.45. The van der Waals surface area contributed by atoms with Crippen LogP contribution in [0.1, 0.15) is 35.3 Å². The number of hydrogen-bond acceptors (Lipinski definition) is 7. The molecule has 35 heavy (non-hydrogen) atoms. The largest absolute Gasteiger partial charge is 0.339 e. The Morgan fingerprint density at radius 3 is 2.17 bits per heavy atom. The molecule has 10 heteroatoms. The monoisotopic (exact) mass is 480 g/mol. The third kappa shape index (κ3) is 8.20. The number of nitrogens with zero attached hydrogens (tertiary/aromatic N) is 1. The van der Waals surface area contributed by atoms with Crippen LogP contribution in [0.5, 0.6) is 0 Å². The van der Waals surface area contributed by atoms with Gasteiger partial charge in [-0.25, -0.2) is 5.48 Å². The van der Waals surface area contributed by atoms with Crippen molar-refractivity contribution in [3.63, 3.8) is 0 Å². The first kappa shape index (κ1) is 27.5. The van der Waals surface area contributed by atoms with Crippen molar-refractivity contribution in [2.24, 2.45) is 11.5 Å². The normalized spacial score (nSPS) is 15.7. The minimum atomic E-state index is -1.04. The van der Waals surface area contributed by atoms with E-state index in [-0.39, 0.29) is 25.9 Å². The Morgan fingerprint density at radius 2 is 1.66 bits per heavy atom. The van der Waals surface area contributed by atoms with Crippen molar-refractivity contribution in [3.05, 3.63) is 65.2 Å². The topological polar surface area (TPSA) is 163 Å². The van der Waals surface area contributed by atoms with E-state index in [9.17, 15) is 14.4 Å². The molecule has 2 aromatic rings. The third-order valence-corrected chi connectivity index (χ3v) is 5.31. The van der Waals surface area contributed by atoms with E-state index in [0.29, 0.717) is 23.4 Å². The first-order valence-corrected chi connectivity index (χ1v) is 10.8. The van der Waals surface area contributed by atoms with Crippen LogP contribution in [0.4, 0.5) is 5.69 Å². The van der Waals surface area contributed by atoms with E-state index in [1.165, 1.54) is 5.48 Å². The second-order valence-electron chi connectivity index (χ2n) is 7.97. The molecule has 3 rings (SSSR count). The van der Waals surface area contributed by atoms with Gasteiger partial charge >= 0.3 is 0 Å². The summed E-state index contributed by atoms with van der Waals surface area (Å²) in [6, 6.07) is 12.8.